The van der Waals surface area contributed by atoms with E-state index in [0.29, 0.717) is 19.4 Å². The number of aliphatic imine (C=N–C) groups is 1. The number of fused-ring (bicyclic) bond motifs is 1. The van der Waals surface area contributed by atoms with E-state index in [1.54, 1.807) is 20.1 Å². The normalized spacial score (nSPS) is 32.4. The highest BCUT2D eigenvalue weighted by Crippen LogP contribution is 2.55. The average molecular weight is 416 g/mol. The summed E-state index contributed by atoms with van der Waals surface area (Å²) in [5.74, 6) is 5.94. The molecule has 2 N–H and O–H groups in total. The minimum absolute atomic E-state index is 0.0348. The van der Waals surface area contributed by atoms with Crippen LogP contribution in [0.15, 0.2) is 28.8 Å². The number of carbonyl (C=O) groups excluding carboxylic acids is 1. The van der Waals surface area contributed by atoms with Gasteiger partial charge in [-0.15, -0.1) is 11.8 Å². The first-order valence-corrected chi connectivity index (χ1v) is 11.0. The lowest BCUT2D eigenvalue weighted by molar-refractivity contribution is -0.112. The van der Waals surface area contributed by atoms with Gasteiger partial charge in [-0.05, 0) is 57.6 Å². The summed E-state index contributed by atoms with van der Waals surface area (Å²) in [5, 5.41) is 21.1. The molecular formula is C25H37NO4. The molecule has 2 aliphatic carbocycles. The van der Waals surface area contributed by atoms with Gasteiger partial charge in [0.15, 0.2) is 0 Å². The van der Waals surface area contributed by atoms with Crippen LogP contribution in [0.4, 0.5) is 0 Å². The maximum atomic E-state index is 11.1. The summed E-state index contributed by atoms with van der Waals surface area (Å²) >= 11 is 0. The second kappa shape index (κ2) is 11.6. The van der Waals surface area contributed by atoms with Gasteiger partial charge in [0, 0.05) is 25.4 Å². The van der Waals surface area contributed by atoms with Crippen LogP contribution >= 0.6 is 0 Å². The Labute approximate surface area is 181 Å². The topological polar surface area (TPSA) is 79.1 Å². The zero-order valence-corrected chi connectivity index (χ0v) is 18.6. The van der Waals surface area contributed by atoms with Gasteiger partial charge in [-0.1, -0.05) is 30.7 Å². The molecule has 7 atom stereocenters. The van der Waals surface area contributed by atoms with Crippen molar-refractivity contribution in [1.82, 2.24) is 0 Å². The second-order valence-electron chi connectivity index (χ2n) is 8.83. The SMILES string of the molecule is C=N[C@]12C/C(=C/CCC(C=O)COC)C[C@H]1C[C@@H](O)[C@@H]2/C=C/[C@@H](O)C(C)CC#CC. The molecule has 2 fully saturated rings. The number of aldehydes is 1. The quantitative estimate of drug-likeness (QED) is 0.235. The zero-order valence-electron chi connectivity index (χ0n) is 18.6. The largest absolute Gasteiger partial charge is 0.392 e. The van der Waals surface area contributed by atoms with Crippen LogP contribution in [0.3, 0.4) is 0 Å². The van der Waals surface area contributed by atoms with E-state index in [4.69, 9.17) is 4.74 Å². The van der Waals surface area contributed by atoms with Crippen LogP contribution in [0.25, 0.3) is 0 Å². The van der Waals surface area contributed by atoms with E-state index in [1.165, 1.54) is 5.57 Å². The molecule has 0 heterocycles. The summed E-state index contributed by atoms with van der Waals surface area (Å²) < 4.78 is 5.08. The number of aliphatic hydroxyl groups excluding tert-OH is 2. The van der Waals surface area contributed by atoms with Crippen molar-refractivity contribution in [3.8, 4) is 11.8 Å². The summed E-state index contributed by atoms with van der Waals surface area (Å²) in [7, 11) is 1.61. The maximum absolute atomic E-state index is 11.1. The first-order valence-electron chi connectivity index (χ1n) is 11.0. The number of rotatable bonds is 11. The first kappa shape index (κ1) is 24.5. The molecule has 0 aromatic carbocycles. The molecule has 0 aromatic heterocycles. The summed E-state index contributed by atoms with van der Waals surface area (Å²) in [4.78, 5) is 15.6. The third kappa shape index (κ3) is 5.69. The van der Waals surface area contributed by atoms with Crippen LogP contribution in [-0.2, 0) is 9.53 Å². The van der Waals surface area contributed by atoms with Gasteiger partial charge in [0.25, 0.3) is 0 Å². The smallest absolute Gasteiger partial charge is 0.125 e. The van der Waals surface area contributed by atoms with E-state index in [9.17, 15) is 15.0 Å². The van der Waals surface area contributed by atoms with Crippen molar-refractivity contribution in [1.29, 1.82) is 0 Å². The van der Waals surface area contributed by atoms with E-state index >= 15 is 0 Å². The van der Waals surface area contributed by atoms with Crippen molar-refractivity contribution in [3.63, 3.8) is 0 Å². The van der Waals surface area contributed by atoms with E-state index in [-0.39, 0.29) is 23.7 Å². The molecule has 5 nitrogen and oxygen atoms in total. The Morgan fingerprint density at radius 3 is 2.87 bits per heavy atom. The molecule has 2 unspecified atom stereocenters. The molecule has 2 aliphatic rings. The summed E-state index contributed by atoms with van der Waals surface area (Å²) in [6.07, 6.45) is 10.5. The molecule has 5 heteroatoms. The van der Waals surface area contributed by atoms with Gasteiger partial charge in [-0.25, -0.2) is 0 Å². The molecule has 2 rings (SSSR count). The Morgan fingerprint density at radius 2 is 2.23 bits per heavy atom. The molecule has 2 saturated carbocycles. The standard InChI is InChI=1S/C25H37NO4/c1-5-6-8-18(2)23(28)12-11-22-24(29)14-21-13-19(15-25(21,22)26-3)9-7-10-20(16-27)17-30-4/h9,11-12,16,18,20-24,28-29H,3,7-8,10,13-15,17H2,1-2,4H3/b12-11+,19-9+/t18?,20?,21-,22-,23+,24+,25+/m0/s1. The van der Waals surface area contributed by atoms with Crippen molar-refractivity contribution in [2.45, 2.75) is 70.1 Å². The summed E-state index contributed by atoms with van der Waals surface area (Å²) in [5.41, 5.74) is 0.914. The Hall–Kier alpha value is -1.74. The molecular weight excluding hydrogens is 378 g/mol. The fraction of sp³-hybridized carbons (Fsp3) is 0.680. The van der Waals surface area contributed by atoms with Crippen LogP contribution < -0.4 is 0 Å². The molecule has 0 aromatic rings. The predicted octanol–water partition coefficient (Wildman–Crippen LogP) is 3.35. The Morgan fingerprint density at radius 1 is 1.47 bits per heavy atom. The Bertz CT molecular complexity index is 704. The molecule has 30 heavy (non-hydrogen) atoms. The third-order valence-corrected chi connectivity index (χ3v) is 6.78. The van der Waals surface area contributed by atoms with E-state index < -0.39 is 17.7 Å². The third-order valence-electron chi connectivity index (χ3n) is 6.78. The predicted molar refractivity (Wildman–Crippen MR) is 120 cm³/mol. The minimum atomic E-state index is -0.601. The second-order valence-corrected chi connectivity index (χ2v) is 8.83. The highest BCUT2D eigenvalue weighted by Gasteiger charge is 2.56. The summed E-state index contributed by atoms with van der Waals surface area (Å²) in [6.45, 7) is 8.10. The molecule has 0 saturated heterocycles. The number of hydrogen-bond acceptors (Lipinski definition) is 5. The summed E-state index contributed by atoms with van der Waals surface area (Å²) in [6, 6.07) is 0. The number of ether oxygens (including phenoxy) is 1. The van der Waals surface area contributed by atoms with Crippen LogP contribution in [0.2, 0.25) is 0 Å². The molecule has 0 radical (unpaired) electrons. The van der Waals surface area contributed by atoms with Gasteiger partial charge in [0.05, 0.1) is 24.4 Å². The lowest BCUT2D eigenvalue weighted by Gasteiger charge is -2.30. The monoisotopic (exact) mass is 415 g/mol. The van der Waals surface area contributed by atoms with Gasteiger partial charge in [0.2, 0.25) is 0 Å². The number of allylic oxidation sites excluding steroid dienone is 1. The number of nitrogens with zero attached hydrogens (tertiary/aromatic N) is 1. The fourth-order valence-corrected chi connectivity index (χ4v) is 4.98. The zero-order chi connectivity index (χ0) is 22.1. The molecule has 0 amide bonds. The maximum Gasteiger partial charge on any atom is 0.125 e. The van der Waals surface area contributed by atoms with Gasteiger partial charge < -0.3 is 19.7 Å². The fourth-order valence-electron chi connectivity index (χ4n) is 4.98. The lowest BCUT2D eigenvalue weighted by Crippen LogP contribution is -2.35. The van der Waals surface area contributed by atoms with E-state index in [2.05, 4.69) is 29.6 Å². The number of carbonyl (C=O) groups is 1. The van der Waals surface area contributed by atoms with Crippen molar-refractivity contribution in [2.24, 2.45) is 28.7 Å². The van der Waals surface area contributed by atoms with Crippen molar-refractivity contribution >= 4 is 13.0 Å². The number of hydrogen-bond donors (Lipinski definition) is 2. The van der Waals surface area contributed by atoms with Gasteiger partial charge in [-0.2, -0.15) is 0 Å². The van der Waals surface area contributed by atoms with Crippen LogP contribution in [0.1, 0.15) is 52.4 Å². The van der Waals surface area contributed by atoms with Gasteiger partial charge in [0.1, 0.15) is 6.29 Å². The van der Waals surface area contributed by atoms with Crippen LogP contribution in [0.5, 0.6) is 0 Å². The highest BCUT2D eigenvalue weighted by molar-refractivity contribution is 5.53. The minimum Gasteiger partial charge on any atom is -0.392 e. The number of methoxy groups -OCH3 is 1. The van der Waals surface area contributed by atoms with E-state index in [0.717, 1.165) is 32.0 Å². The van der Waals surface area contributed by atoms with E-state index in [1.807, 2.05) is 13.0 Å². The van der Waals surface area contributed by atoms with Crippen LogP contribution in [0, 0.1) is 35.5 Å². The van der Waals surface area contributed by atoms with Gasteiger partial charge >= 0.3 is 0 Å². The van der Waals surface area contributed by atoms with Gasteiger partial charge in [-0.3, -0.25) is 4.99 Å². The molecule has 0 bridgehead atoms. The Kier molecular flexibility index (Phi) is 9.48. The number of aliphatic hydroxyl groups is 2. The van der Waals surface area contributed by atoms with Crippen LogP contribution in [-0.4, -0.2) is 54.7 Å². The molecule has 166 valence electrons. The van der Waals surface area contributed by atoms with Crippen molar-refractivity contribution < 1.29 is 19.7 Å². The Balaban J connectivity index is 2.06. The highest BCUT2D eigenvalue weighted by atomic mass is 16.5. The lowest BCUT2D eigenvalue weighted by atomic mass is 9.81. The molecule has 0 aliphatic heterocycles. The van der Waals surface area contributed by atoms with Crippen molar-refractivity contribution in [2.75, 3.05) is 13.7 Å². The van der Waals surface area contributed by atoms with Crippen molar-refractivity contribution in [3.05, 3.63) is 23.8 Å². The molecule has 0 spiro atoms. The first-order chi connectivity index (χ1) is 14.4. The average Bonchev–Trinajstić information content (AvgIpc) is 3.20.